The molecule has 0 aliphatic carbocycles. The Morgan fingerprint density at radius 3 is 2.53 bits per heavy atom. The van der Waals surface area contributed by atoms with Gasteiger partial charge in [0.1, 0.15) is 17.6 Å². The third kappa shape index (κ3) is 6.97. The molecule has 0 amide bonds. The zero-order chi connectivity index (χ0) is 14.8. The summed E-state index contributed by atoms with van der Waals surface area (Å²) in [6, 6.07) is 0. The molecule has 0 aromatic carbocycles. The molecule has 0 heterocycles. The van der Waals surface area contributed by atoms with Crippen LogP contribution in [0.1, 0.15) is 27.7 Å². The maximum Gasteiger partial charge on any atom is 0.123 e. The van der Waals surface area contributed by atoms with Gasteiger partial charge in [-0.25, -0.2) is 0 Å². The summed E-state index contributed by atoms with van der Waals surface area (Å²) >= 11 is 0. The standard InChI is InChI=1S/C15H24NO2P/c1-7-8-15(19-6)14(17)9-11(2)13(4)18-12(3)10-16-5/h7-10,13,17,19H,5H2,1-4,6H3/b8-7-,11-9+,12-10-,15-14-. The second kappa shape index (κ2) is 9.57. The summed E-state index contributed by atoms with van der Waals surface area (Å²) in [5.41, 5.74) is 0.953. The van der Waals surface area contributed by atoms with E-state index in [0.717, 1.165) is 10.9 Å². The molecule has 1 N–H and O–H groups in total. The average Bonchev–Trinajstić information content (AvgIpc) is 2.35. The monoisotopic (exact) mass is 281 g/mol. The molecule has 2 atom stereocenters. The Labute approximate surface area is 118 Å². The quantitative estimate of drug-likeness (QED) is 0.322. The van der Waals surface area contributed by atoms with Gasteiger partial charge >= 0.3 is 0 Å². The van der Waals surface area contributed by atoms with E-state index in [-0.39, 0.29) is 6.10 Å². The average molecular weight is 281 g/mol. The van der Waals surface area contributed by atoms with Crippen molar-refractivity contribution in [1.29, 1.82) is 0 Å². The summed E-state index contributed by atoms with van der Waals surface area (Å²) in [6.45, 7) is 13.0. The number of allylic oxidation sites excluding steroid dienone is 5. The Kier molecular flexibility index (Phi) is 8.90. The lowest BCUT2D eigenvalue weighted by Crippen LogP contribution is -2.08. The minimum atomic E-state index is -0.118. The summed E-state index contributed by atoms with van der Waals surface area (Å²) < 4.78 is 5.64. The Hall–Kier alpha value is -1.34. The highest BCUT2D eigenvalue weighted by Crippen LogP contribution is 2.25. The second-order valence-corrected chi connectivity index (χ2v) is 5.16. The highest BCUT2D eigenvalue weighted by molar-refractivity contribution is 7.42. The third-order valence-electron chi connectivity index (χ3n) is 2.52. The Bertz CT molecular complexity index is 420. The number of hydrogen-bond donors (Lipinski definition) is 1. The smallest absolute Gasteiger partial charge is 0.123 e. The second-order valence-electron chi connectivity index (χ2n) is 4.12. The summed E-state index contributed by atoms with van der Waals surface area (Å²) in [5, 5.41) is 11.0. The van der Waals surface area contributed by atoms with E-state index in [1.165, 1.54) is 0 Å². The van der Waals surface area contributed by atoms with Gasteiger partial charge in [-0.2, -0.15) is 0 Å². The predicted molar refractivity (Wildman–Crippen MR) is 86.3 cm³/mol. The summed E-state index contributed by atoms with van der Waals surface area (Å²) in [4.78, 5) is 3.65. The van der Waals surface area contributed by atoms with Gasteiger partial charge in [-0.05, 0) is 52.7 Å². The van der Waals surface area contributed by atoms with Crippen molar-refractivity contribution in [2.24, 2.45) is 4.99 Å². The van der Waals surface area contributed by atoms with Crippen LogP contribution in [0.3, 0.4) is 0 Å². The number of aliphatic hydroxyl groups is 1. The van der Waals surface area contributed by atoms with E-state index in [1.807, 2.05) is 46.5 Å². The molecule has 0 saturated heterocycles. The zero-order valence-electron chi connectivity index (χ0n) is 12.4. The molecule has 0 radical (unpaired) electrons. The van der Waals surface area contributed by atoms with Crippen molar-refractivity contribution in [3.05, 3.63) is 46.8 Å². The Morgan fingerprint density at radius 1 is 1.42 bits per heavy atom. The zero-order valence-corrected chi connectivity index (χ0v) is 13.4. The largest absolute Gasteiger partial charge is 0.507 e. The van der Waals surface area contributed by atoms with Crippen molar-refractivity contribution in [2.75, 3.05) is 6.66 Å². The van der Waals surface area contributed by atoms with Gasteiger partial charge in [0.05, 0.1) is 6.20 Å². The van der Waals surface area contributed by atoms with Crippen LogP contribution in [0.4, 0.5) is 0 Å². The van der Waals surface area contributed by atoms with Crippen LogP contribution in [0.25, 0.3) is 0 Å². The van der Waals surface area contributed by atoms with E-state index in [4.69, 9.17) is 4.74 Å². The lowest BCUT2D eigenvalue weighted by atomic mass is 10.1. The van der Waals surface area contributed by atoms with Gasteiger partial charge in [-0.3, -0.25) is 4.99 Å². The first kappa shape index (κ1) is 17.7. The van der Waals surface area contributed by atoms with Gasteiger partial charge in [0.15, 0.2) is 0 Å². The topological polar surface area (TPSA) is 41.8 Å². The number of hydrogen-bond acceptors (Lipinski definition) is 3. The highest BCUT2D eigenvalue weighted by atomic mass is 31.1. The van der Waals surface area contributed by atoms with E-state index in [2.05, 4.69) is 11.7 Å². The highest BCUT2D eigenvalue weighted by Gasteiger charge is 2.07. The fourth-order valence-corrected chi connectivity index (χ4v) is 2.07. The fourth-order valence-electron chi connectivity index (χ4n) is 1.40. The van der Waals surface area contributed by atoms with E-state index in [0.29, 0.717) is 20.1 Å². The predicted octanol–water partition coefficient (Wildman–Crippen LogP) is 4.55. The summed E-state index contributed by atoms with van der Waals surface area (Å²) in [5.74, 6) is 1.00. The van der Waals surface area contributed by atoms with E-state index in [1.54, 1.807) is 12.3 Å². The number of aliphatic imine (C=N–C) groups is 1. The van der Waals surface area contributed by atoms with E-state index < -0.39 is 0 Å². The van der Waals surface area contributed by atoms with Gasteiger partial charge in [0, 0.05) is 5.31 Å². The number of rotatable bonds is 7. The van der Waals surface area contributed by atoms with Gasteiger partial charge in [-0.15, -0.1) is 0 Å². The van der Waals surface area contributed by atoms with Crippen molar-refractivity contribution in [1.82, 2.24) is 0 Å². The molecule has 0 aromatic rings. The molecule has 0 bridgehead atoms. The maximum atomic E-state index is 10.1. The minimum absolute atomic E-state index is 0.118. The van der Waals surface area contributed by atoms with Crippen LogP contribution in [-0.4, -0.2) is 24.6 Å². The summed E-state index contributed by atoms with van der Waals surface area (Å²) in [7, 11) is 0.548. The third-order valence-corrected chi connectivity index (χ3v) is 3.48. The number of nitrogens with zero attached hydrogens (tertiary/aromatic N) is 1. The molecular weight excluding hydrogens is 257 g/mol. The molecule has 0 aromatic heterocycles. The maximum absolute atomic E-state index is 10.1. The first-order valence-corrected chi connectivity index (χ1v) is 7.67. The van der Waals surface area contributed by atoms with Crippen LogP contribution in [0.2, 0.25) is 0 Å². The van der Waals surface area contributed by atoms with Gasteiger partial charge < -0.3 is 9.84 Å². The van der Waals surface area contributed by atoms with Crippen LogP contribution < -0.4 is 0 Å². The Morgan fingerprint density at radius 2 is 2.05 bits per heavy atom. The van der Waals surface area contributed by atoms with E-state index >= 15 is 0 Å². The minimum Gasteiger partial charge on any atom is -0.507 e. The molecule has 0 aliphatic rings. The number of ether oxygens (including phenoxy) is 1. The van der Waals surface area contributed by atoms with Gasteiger partial charge in [0.2, 0.25) is 0 Å². The molecule has 2 unspecified atom stereocenters. The molecule has 0 rings (SSSR count). The lowest BCUT2D eigenvalue weighted by Gasteiger charge is -2.15. The van der Waals surface area contributed by atoms with Crippen molar-refractivity contribution in [3.8, 4) is 0 Å². The molecular formula is C15H24NO2P. The van der Waals surface area contributed by atoms with Crippen molar-refractivity contribution < 1.29 is 9.84 Å². The molecule has 0 spiro atoms. The fraction of sp³-hybridized carbons (Fsp3) is 0.400. The Balaban J connectivity index is 4.98. The summed E-state index contributed by atoms with van der Waals surface area (Å²) in [6.07, 6.45) is 7.06. The first-order valence-electron chi connectivity index (χ1n) is 6.17. The normalized spacial score (nSPS) is 16.9. The van der Waals surface area contributed by atoms with Gasteiger partial charge in [0.25, 0.3) is 0 Å². The lowest BCUT2D eigenvalue weighted by molar-refractivity contribution is 0.161. The number of aliphatic hydroxyl groups excluding tert-OH is 1. The molecule has 106 valence electrons. The van der Waals surface area contributed by atoms with Crippen LogP contribution in [0.15, 0.2) is 51.8 Å². The molecule has 4 heteroatoms. The molecule has 0 fully saturated rings. The SMILES string of the molecule is C=N/C=C(/C)OC(C)/C(C)=C/C(O)=C(\C=C/C)PC. The van der Waals surface area contributed by atoms with Crippen LogP contribution >= 0.6 is 8.58 Å². The van der Waals surface area contributed by atoms with Gasteiger partial charge in [-0.1, -0.05) is 20.7 Å². The van der Waals surface area contributed by atoms with Crippen molar-refractivity contribution in [3.63, 3.8) is 0 Å². The van der Waals surface area contributed by atoms with E-state index in [9.17, 15) is 5.11 Å². The molecule has 3 nitrogen and oxygen atoms in total. The first-order chi connectivity index (χ1) is 8.96. The molecule has 19 heavy (non-hydrogen) atoms. The van der Waals surface area contributed by atoms with Crippen LogP contribution in [0, 0.1) is 0 Å². The van der Waals surface area contributed by atoms with Crippen molar-refractivity contribution in [2.45, 2.75) is 33.8 Å². The molecule has 0 saturated carbocycles. The van der Waals surface area contributed by atoms with Crippen LogP contribution in [0.5, 0.6) is 0 Å². The van der Waals surface area contributed by atoms with Crippen LogP contribution in [-0.2, 0) is 4.74 Å². The molecule has 0 aliphatic heterocycles. The van der Waals surface area contributed by atoms with Crippen molar-refractivity contribution >= 4 is 15.3 Å².